The van der Waals surface area contributed by atoms with Gasteiger partial charge in [-0.1, -0.05) is 5.92 Å². The Morgan fingerprint density at radius 2 is 2.25 bits per heavy atom. The number of nitrogens with two attached hydrogens (primary N) is 1. The predicted octanol–water partition coefficient (Wildman–Crippen LogP) is -2.19. The molecule has 0 spiro atoms. The van der Waals surface area contributed by atoms with Gasteiger partial charge in [0, 0.05) is 13.1 Å². The van der Waals surface area contributed by atoms with Crippen LogP contribution in [-0.4, -0.2) is 72.3 Å². The number of rotatable bonds is 5. The lowest BCUT2D eigenvalue weighted by Gasteiger charge is -2.26. The minimum Gasteiger partial charge on any atom is -0.394 e. The Balaban J connectivity index is 2.05. The molecule has 1 aliphatic rings. The fourth-order valence-electron chi connectivity index (χ4n) is 2.69. The third kappa shape index (κ3) is 2.39. The first-order valence-corrected chi connectivity index (χ1v) is 7.32. The summed E-state index contributed by atoms with van der Waals surface area (Å²) in [5.74, 6) is 2.63. The second-order valence-electron chi connectivity index (χ2n) is 5.39. The van der Waals surface area contributed by atoms with Crippen LogP contribution in [0.25, 0.3) is 11.2 Å². The van der Waals surface area contributed by atoms with Gasteiger partial charge in [-0.15, -0.1) is 6.42 Å². The number of ether oxygens (including phenoxy) is 1. The first-order valence-electron chi connectivity index (χ1n) is 7.32. The molecule has 128 valence electrons. The van der Waals surface area contributed by atoms with Crippen LogP contribution in [0.5, 0.6) is 0 Å². The number of nitrogens with zero attached hydrogens (tertiary/aromatic N) is 4. The van der Waals surface area contributed by atoms with Crippen molar-refractivity contribution in [2.45, 2.75) is 24.0 Å². The molecule has 0 radical (unpaired) electrons. The van der Waals surface area contributed by atoms with E-state index in [1.54, 1.807) is 0 Å². The van der Waals surface area contributed by atoms with Crippen molar-refractivity contribution in [1.29, 1.82) is 0 Å². The summed E-state index contributed by atoms with van der Waals surface area (Å²) in [7, 11) is 0. The Morgan fingerprint density at radius 3 is 2.92 bits per heavy atom. The molecule has 1 aliphatic heterocycles. The molecule has 6 N–H and O–H groups in total. The summed E-state index contributed by atoms with van der Waals surface area (Å²) in [4.78, 5) is 12.5. The first-order chi connectivity index (χ1) is 11.6. The Hall–Kier alpha value is -2.29. The fourth-order valence-corrected chi connectivity index (χ4v) is 2.69. The van der Waals surface area contributed by atoms with E-state index in [-0.39, 0.29) is 0 Å². The minimum atomic E-state index is -2.03. The van der Waals surface area contributed by atoms with Crippen molar-refractivity contribution in [3.8, 4) is 12.3 Å². The molecule has 0 saturated carbocycles. The van der Waals surface area contributed by atoms with Gasteiger partial charge in [0.15, 0.2) is 28.8 Å². The number of aromatic nitrogens is 4. The lowest BCUT2D eigenvalue weighted by atomic mass is 9.95. The maximum absolute atomic E-state index is 10.6. The Kier molecular flexibility index (Phi) is 4.35. The van der Waals surface area contributed by atoms with E-state index >= 15 is 0 Å². The van der Waals surface area contributed by atoms with Gasteiger partial charge in [-0.25, -0.2) is 15.0 Å². The summed E-state index contributed by atoms with van der Waals surface area (Å²) in [5.41, 5.74) is 4.23. The molecule has 0 aliphatic carbocycles. The molecule has 10 heteroatoms. The number of aliphatic hydroxyl groups excluding tert-OH is 2. The van der Waals surface area contributed by atoms with Gasteiger partial charge in [-0.2, -0.15) is 0 Å². The van der Waals surface area contributed by atoms with Crippen LogP contribution in [0.15, 0.2) is 12.7 Å². The van der Waals surface area contributed by atoms with Gasteiger partial charge in [0.05, 0.1) is 12.9 Å². The molecule has 0 aromatic carbocycles. The third-order valence-electron chi connectivity index (χ3n) is 3.94. The van der Waals surface area contributed by atoms with E-state index in [0.717, 1.165) is 0 Å². The van der Waals surface area contributed by atoms with E-state index in [9.17, 15) is 15.3 Å². The topological polar surface area (TPSA) is 152 Å². The summed E-state index contributed by atoms with van der Waals surface area (Å²) >= 11 is 0. The zero-order valence-corrected chi connectivity index (χ0v) is 12.7. The Morgan fingerprint density at radius 1 is 1.46 bits per heavy atom. The molecule has 10 nitrogen and oxygen atoms in total. The molecule has 24 heavy (non-hydrogen) atoms. The zero-order valence-electron chi connectivity index (χ0n) is 12.7. The standard InChI is InChI=1S/C14H18N6O4/c1-2-14(23)10(22)8(5-21)24-13(14)20-7-19-9-11(16-4-3-15)17-6-18-12(9)20/h1,6-8,10,13,21-23H,3-5,15H2,(H,16,17,18)/t8-,10-,13?,14-/m1/s1. The number of imidazole rings is 1. The fraction of sp³-hybridized carbons (Fsp3) is 0.500. The smallest absolute Gasteiger partial charge is 0.199 e. The van der Waals surface area contributed by atoms with Gasteiger partial charge >= 0.3 is 0 Å². The van der Waals surface area contributed by atoms with E-state index in [0.29, 0.717) is 30.1 Å². The molecule has 1 fully saturated rings. The molecule has 2 aromatic rings. The number of anilines is 1. The average Bonchev–Trinajstić information content (AvgIpc) is 3.13. The van der Waals surface area contributed by atoms with Crippen LogP contribution in [0.3, 0.4) is 0 Å². The molecule has 3 rings (SSSR count). The second kappa shape index (κ2) is 6.31. The van der Waals surface area contributed by atoms with E-state index in [2.05, 4.69) is 26.2 Å². The van der Waals surface area contributed by atoms with Crippen LogP contribution in [0.1, 0.15) is 6.23 Å². The zero-order chi connectivity index (χ0) is 17.3. The van der Waals surface area contributed by atoms with Crippen LogP contribution < -0.4 is 11.1 Å². The summed E-state index contributed by atoms with van der Waals surface area (Å²) in [6.45, 7) is 0.421. The predicted molar refractivity (Wildman–Crippen MR) is 83.7 cm³/mol. The Bertz CT molecular complexity index is 774. The highest BCUT2D eigenvalue weighted by Crippen LogP contribution is 2.39. The molecule has 0 bridgehead atoms. The van der Waals surface area contributed by atoms with E-state index in [4.69, 9.17) is 16.9 Å². The van der Waals surface area contributed by atoms with Crippen molar-refractivity contribution < 1.29 is 20.1 Å². The average molecular weight is 334 g/mol. The normalized spacial score (nSPS) is 29.7. The molecule has 1 saturated heterocycles. The molecular formula is C14H18N6O4. The SMILES string of the molecule is C#C[C@]1(O)C(n2cnc3c(NCCN)ncnc32)O[C@H](CO)[C@H]1O. The number of aliphatic hydroxyl groups is 3. The summed E-state index contributed by atoms with van der Waals surface area (Å²) < 4.78 is 6.94. The van der Waals surface area contributed by atoms with Crippen molar-refractivity contribution in [2.24, 2.45) is 5.73 Å². The molecule has 2 aromatic heterocycles. The number of hydrogen-bond donors (Lipinski definition) is 5. The lowest BCUT2D eigenvalue weighted by molar-refractivity contribution is -0.0721. The number of fused-ring (bicyclic) bond motifs is 1. The van der Waals surface area contributed by atoms with Gasteiger partial charge in [0.1, 0.15) is 18.5 Å². The number of hydrogen-bond acceptors (Lipinski definition) is 9. The van der Waals surface area contributed by atoms with E-state index < -0.39 is 30.6 Å². The van der Waals surface area contributed by atoms with Crippen molar-refractivity contribution in [3.05, 3.63) is 12.7 Å². The van der Waals surface area contributed by atoms with Gasteiger partial charge < -0.3 is 31.1 Å². The van der Waals surface area contributed by atoms with E-state index in [1.165, 1.54) is 17.2 Å². The van der Waals surface area contributed by atoms with Crippen LogP contribution in [0.2, 0.25) is 0 Å². The maximum Gasteiger partial charge on any atom is 0.199 e. The van der Waals surface area contributed by atoms with Crippen LogP contribution >= 0.6 is 0 Å². The maximum atomic E-state index is 10.6. The third-order valence-corrected chi connectivity index (χ3v) is 3.94. The van der Waals surface area contributed by atoms with Gasteiger partial charge in [0.2, 0.25) is 0 Å². The molecule has 4 atom stereocenters. The highest BCUT2D eigenvalue weighted by Gasteiger charge is 2.55. The van der Waals surface area contributed by atoms with Gasteiger partial charge in [-0.05, 0) is 0 Å². The minimum absolute atomic E-state index is 0.356. The molecule has 3 heterocycles. The van der Waals surface area contributed by atoms with Crippen molar-refractivity contribution in [2.75, 3.05) is 25.0 Å². The quantitative estimate of drug-likeness (QED) is 0.384. The van der Waals surface area contributed by atoms with E-state index in [1.807, 2.05) is 0 Å². The summed E-state index contributed by atoms with van der Waals surface area (Å²) in [6, 6.07) is 0. The molecule has 1 unspecified atom stereocenters. The van der Waals surface area contributed by atoms with Gasteiger partial charge in [0.25, 0.3) is 0 Å². The highest BCUT2D eigenvalue weighted by molar-refractivity contribution is 5.82. The summed E-state index contributed by atoms with van der Waals surface area (Å²) in [6.07, 6.45) is 4.47. The van der Waals surface area contributed by atoms with Crippen molar-refractivity contribution in [1.82, 2.24) is 19.5 Å². The monoisotopic (exact) mass is 334 g/mol. The Labute approximate surface area is 137 Å². The number of nitrogens with one attached hydrogen (secondary N) is 1. The highest BCUT2D eigenvalue weighted by atomic mass is 16.6. The van der Waals surface area contributed by atoms with Crippen LogP contribution in [-0.2, 0) is 4.74 Å². The lowest BCUT2D eigenvalue weighted by Crippen LogP contribution is -2.45. The first kappa shape index (κ1) is 16.6. The van der Waals surface area contributed by atoms with Crippen LogP contribution in [0, 0.1) is 12.3 Å². The van der Waals surface area contributed by atoms with Crippen LogP contribution in [0.4, 0.5) is 5.82 Å². The van der Waals surface area contributed by atoms with Gasteiger partial charge in [-0.3, -0.25) is 4.57 Å². The number of terminal acetylenes is 1. The molecule has 0 amide bonds. The largest absolute Gasteiger partial charge is 0.394 e. The second-order valence-corrected chi connectivity index (χ2v) is 5.39. The van der Waals surface area contributed by atoms with Crippen molar-refractivity contribution in [3.63, 3.8) is 0 Å². The van der Waals surface area contributed by atoms with Crippen molar-refractivity contribution >= 4 is 17.0 Å². The molecular weight excluding hydrogens is 316 g/mol. The summed E-state index contributed by atoms with van der Waals surface area (Å²) in [5, 5.41) is 33.1.